The molecular formula is C11H18N2O5. The van der Waals surface area contributed by atoms with Crippen LogP contribution in [0.5, 0.6) is 0 Å². The smallest absolute Gasteiger partial charge is 0.323 e. The monoisotopic (exact) mass is 258 g/mol. The number of carboxylic acids is 2. The molecule has 0 spiro atoms. The first-order chi connectivity index (χ1) is 8.40. The lowest BCUT2D eigenvalue weighted by Crippen LogP contribution is -2.50. The second-order valence-electron chi connectivity index (χ2n) is 4.62. The maximum Gasteiger partial charge on any atom is 0.323 e. The molecule has 1 aliphatic rings. The molecule has 2 N–H and O–H groups in total. The molecular weight excluding hydrogens is 240 g/mol. The molecule has 1 aliphatic heterocycles. The highest BCUT2D eigenvalue weighted by molar-refractivity contribution is 5.84. The third-order valence-electron chi connectivity index (χ3n) is 2.85. The van der Waals surface area contributed by atoms with Crippen molar-refractivity contribution in [2.45, 2.75) is 19.8 Å². The summed E-state index contributed by atoms with van der Waals surface area (Å²) < 4.78 is 0. The Bertz CT molecular complexity index is 328. The van der Waals surface area contributed by atoms with Crippen molar-refractivity contribution in [1.82, 2.24) is 9.80 Å². The van der Waals surface area contributed by atoms with E-state index >= 15 is 0 Å². The summed E-state index contributed by atoms with van der Waals surface area (Å²) in [6, 6.07) is -0.508. The first-order valence-corrected chi connectivity index (χ1v) is 5.87. The van der Waals surface area contributed by atoms with Crippen molar-refractivity contribution in [3.05, 3.63) is 0 Å². The summed E-state index contributed by atoms with van der Waals surface area (Å²) in [5.41, 5.74) is 0. The molecule has 1 saturated heterocycles. The van der Waals surface area contributed by atoms with Gasteiger partial charge < -0.3 is 20.0 Å². The lowest BCUT2D eigenvalue weighted by Gasteiger charge is -2.34. The van der Waals surface area contributed by atoms with Gasteiger partial charge >= 0.3 is 18.0 Å². The molecule has 102 valence electrons. The number of hydrogen-bond donors (Lipinski definition) is 2. The SMILES string of the molecule is CC1CCCN(C(=O)N(CC(=O)O)CC(=O)O)C1. The third-order valence-corrected chi connectivity index (χ3v) is 2.85. The van der Waals surface area contributed by atoms with Crippen LogP contribution in [0.1, 0.15) is 19.8 Å². The molecule has 0 aromatic heterocycles. The van der Waals surface area contributed by atoms with Crippen LogP contribution in [0.15, 0.2) is 0 Å². The van der Waals surface area contributed by atoms with Gasteiger partial charge in [0.05, 0.1) is 0 Å². The van der Waals surface area contributed by atoms with Crippen molar-refractivity contribution in [3.8, 4) is 0 Å². The van der Waals surface area contributed by atoms with Crippen molar-refractivity contribution in [1.29, 1.82) is 0 Å². The summed E-state index contributed by atoms with van der Waals surface area (Å²) in [4.78, 5) is 35.7. The molecule has 18 heavy (non-hydrogen) atoms. The Morgan fingerprint density at radius 2 is 1.78 bits per heavy atom. The Hall–Kier alpha value is -1.79. The maximum atomic E-state index is 12.0. The maximum absolute atomic E-state index is 12.0. The van der Waals surface area contributed by atoms with Gasteiger partial charge in [0.2, 0.25) is 0 Å². The highest BCUT2D eigenvalue weighted by Crippen LogP contribution is 2.16. The lowest BCUT2D eigenvalue weighted by atomic mass is 10.0. The van der Waals surface area contributed by atoms with E-state index in [0.29, 0.717) is 19.0 Å². The van der Waals surface area contributed by atoms with E-state index in [0.717, 1.165) is 17.7 Å². The molecule has 1 heterocycles. The average Bonchev–Trinajstić information content (AvgIpc) is 2.26. The van der Waals surface area contributed by atoms with Crippen molar-refractivity contribution in [2.24, 2.45) is 5.92 Å². The first-order valence-electron chi connectivity index (χ1n) is 5.87. The van der Waals surface area contributed by atoms with E-state index in [1.165, 1.54) is 4.90 Å². The van der Waals surface area contributed by atoms with Crippen LogP contribution in [0.3, 0.4) is 0 Å². The molecule has 0 aliphatic carbocycles. The van der Waals surface area contributed by atoms with Crippen LogP contribution in [0, 0.1) is 5.92 Å². The van der Waals surface area contributed by atoms with E-state index in [2.05, 4.69) is 0 Å². The summed E-state index contributed by atoms with van der Waals surface area (Å²) in [5, 5.41) is 17.4. The van der Waals surface area contributed by atoms with Gasteiger partial charge in [0.1, 0.15) is 13.1 Å². The van der Waals surface area contributed by atoms with E-state index < -0.39 is 31.1 Å². The molecule has 0 saturated carbocycles. The molecule has 7 nitrogen and oxygen atoms in total. The second kappa shape index (κ2) is 6.23. The van der Waals surface area contributed by atoms with Gasteiger partial charge in [0.25, 0.3) is 0 Å². The van der Waals surface area contributed by atoms with Crippen molar-refractivity contribution in [3.63, 3.8) is 0 Å². The molecule has 1 atom stereocenters. The Morgan fingerprint density at radius 3 is 2.22 bits per heavy atom. The minimum Gasteiger partial charge on any atom is -0.480 e. The Balaban J connectivity index is 2.67. The third kappa shape index (κ3) is 4.23. The highest BCUT2D eigenvalue weighted by Gasteiger charge is 2.27. The predicted octanol–water partition coefficient (Wildman–Crippen LogP) is 0.310. The fraction of sp³-hybridized carbons (Fsp3) is 0.727. The fourth-order valence-electron chi connectivity index (χ4n) is 2.08. The van der Waals surface area contributed by atoms with E-state index in [9.17, 15) is 14.4 Å². The quantitative estimate of drug-likeness (QED) is 0.756. The van der Waals surface area contributed by atoms with Gasteiger partial charge in [-0.3, -0.25) is 9.59 Å². The minimum atomic E-state index is -1.21. The minimum absolute atomic E-state index is 0.360. The molecule has 2 amide bonds. The molecule has 7 heteroatoms. The lowest BCUT2D eigenvalue weighted by molar-refractivity contribution is -0.140. The number of nitrogens with zero attached hydrogens (tertiary/aromatic N) is 2. The van der Waals surface area contributed by atoms with Crippen LogP contribution >= 0.6 is 0 Å². The average molecular weight is 258 g/mol. The molecule has 0 aromatic carbocycles. The van der Waals surface area contributed by atoms with Crippen LogP contribution in [0.2, 0.25) is 0 Å². The Labute approximate surface area is 105 Å². The molecule has 0 aromatic rings. The van der Waals surface area contributed by atoms with Gasteiger partial charge in [-0.2, -0.15) is 0 Å². The number of amides is 2. The van der Waals surface area contributed by atoms with Gasteiger partial charge in [-0.25, -0.2) is 4.79 Å². The van der Waals surface area contributed by atoms with Gasteiger partial charge in [-0.1, -0.05) is 6.92 Å². The molecule has 1 fully saturated rings. The highest BCUT2D eigenvalue weighted by atomic mass is 16.4. The summed E-state index contributed by atoms with van der Waals surface area (Å²) in [5.74, 6) is -2.07. The van der Waals surface area contributed by atoms with E-state index in [1.807, 2.05) is 6.92 Å². The number of aliphatic carboxylic acids is 2. The van der Waals surface area contributed by atoms with Gasteiger partial charge in [-0.15, -0.1) is 0 Å². The van der Waals surface area contributed by atoms with Gasteiger partial charge in [0, 0.05) is 13.1 Å². The van der Waals surface area contributed by atoms with E-state index in [-0.39, 0.29) is 0 Å². The van der Waals surface area contributed by atoms with E-state index in [4.69, 9.17) is 10.2 Å². The van der Waals surface area contributed by atoms with Crippen molar-refractivity contribution in [2.75, 3.05) is 26.2 Å². The largest absolute Gasteiger partial charge is 0.480 e. The van der Waals surface area contributed by atoms with Crippen LogP contribution in [0.25, 0.3) is 0 Å². The van der Waals surface area contributed by atoms with Crippen LogP contribution in [-0.4, -0.2) is 64.2 Å². The zero-order valence-electron chi connectivity index (χ0n) is 10.3. The molecule has 0 bridgehead atoms. The topological polar surface area (TPSA) is 98.2 Å². The number of carbonyl (C=O) groups excluding carboxylic acids is 1. The standard InChI is InChI=1S/C11H18N2O5/c1-8-3-2-4-12(5-8)11(18)13(6-9(14)15)7-10(16)17/h8H,2-7H2,1H3,(H,14,15)(H,16,17). The van der Waals surface area contributed by atoms with Crippen molar-refractivity contribution >= 4 is 18.0 Å². The predicted molar refractivity (Wildman–Crippen MR) is 62.2 cm³/mol. The zero-order valence-corrected chi connectivity index (χ0v) is 10.3. The number of carboxylic acid groups (broad SMARTS) is 2. The summed E-state index contributed by atoms with van der Waals surface area (Å²) in [6.07, 6.45) is 1.89. The van der Waals surface area contributed by atoms with Gasteiger partial charge in [-0.05, 0) is 18.8 Å². The van der Waals surface area contributed by atoms with Gasteiger partial charge in [0.15, 0.2) is 0 Å². The molecule has 1 unspecified atom stereocenters. The van der Waals surface area contributed by atoms with Crippen LogP contribution < -0.4 is 0 Å². The summed E-state index contributed by atoms with van der Waals surface area (Å²) in [6.45, 7) is 1.94. The number of carbonyl (C=O) groups is 3. The molecule has 0 radical (unpaired) electrons. The number of piperidine rings is 1. The van der Waals surface area contributed by atoms with Crippen LogP contribution in [-0.2, 0) is 9.59 Å². The number of urea groups is 1. The number of likely N-dealkylation sites (tertiary alicyclic amines) is 1. The zero-order chi connectivity index (χ0) is 13.7. The Kier molecular flexibility index (Phi) is 4.94. The van der Waals surface area contributed by atoms with Crippen LogP contribution in [0.4, 0.5) is 4.79 Å². The summed E-state index contributed by atoms with van der Waals surface area (Å²) >= 11 is 0. The second-order valence-corrected chi connectivity index (χ2v) is 4.62. The number of rotatable bonds is 4. The number of hydrogen-bond acceptors (Lipinski definition) is 3. The summed E-state index contributed by atoms with van der Waals surface area (Å²) in [7, 11) is 0. The fourth-order valence-corrected chi connectivity index (χ4v) is 2.08. The van der Waals surface area contributed by atoms with Crippen molar-refractivity contribution < 1.29 is 24.6 Å². The first kappa shape index (κ1) is 14.3. The molecule has 1 rings (SSSR count). The Morgan fingerprint density at radius 1 is 1.22 bits per heavy atom. The normalized spacial score (nSPS) is 19.4. The van der Waals surface area contributed by atoms with E-state index in [1.54, 1.807) is 0 Å².